The van der Waals surface area contributed by atoms with E-state index in [1.54, 1.807) is 0 Å². The van der Waals surface area contributed by atoms with Crippen molar-refractivity contribution in [1.29, 1.82) is 0 Å². The van der Waals surface area contributed by atoms with E-state index in [2.05, 4.69) is 9.46 Å². The van der Waals surface area contributed by atoms with E-state index in [9.17, 15) is 22.4 Å². The molecule has 0 bridgehead atoms. The molecule has 3 rings (SSSR count). The second kappa shape index (κ2) is 8.78. The number of sulfonamides is 1. The van der Waals surface area contributed by atoms with Crippen LogP contribution in [-0.4, -0.2) is 27.5 Å². The van der Waals surface area contributed by atoms with E-state index >= 15 is 0 Å². The molecule has 1 aromatic heterocycles. The number of ether oxygens (including phenoxy) is 2. The lowest BCUT2D eigenvalue weighted by atomic mass is 10.2. The number of rotatable bonds is 7. The topological polar surface area (TPSA) is 112 Å². The molecular formula is C20H16FNO7S. The fraction of sp³-hybridized carbons (Fsp3) is 0.100. The first-order valence-corrected chi connectivity index (χ1v) is 9.99. The lowest BCUT2D eigenvalue weighted by Gasteiger charge is -2.09. The third-order valence-electron chi connectivity index (χ3n) is 3.87. The summed E-state index contributed by atoms with van der Waals surface area (Å²) in [5, 5.41) is 0. The zero-order valence-corrected chi connectivity index (χ0v) is 16.4. The number of carbonyl (C=O) groups is 2. The average Bonchev–Trinajstić information content (AvgIpc) is 3.22. The molecule has 30 heavy (non-hydrogen) atoms. The lowest BCUT2D eigenvalue weighted by Crippen LogP contribution is -2.14. The maximum atomic E-state index is 13.0. The van der Waals surface area contributed by atoms with Gasteiger partial charge in [0.2, 0.25) is 5.76 Å². The minimum atomic E-state index is -4.01. The Morgan fingerprint density at radius 1 is 1.03 bits per heavy atom. The summed E-state index contributed by atoms with van der Waals surface area (Å²) in [6.45, 7) is -0.263. The number of methoxy groups -OCH3 is 1. The SMILES string of the molecule is COC(=O)c1ccc(COC(=O)c2cccc(S(=O)(=O)Nc3ccc(F)cc3)c2)o1. The molecule has 0 aliphatic heterocycles. The average molecular weight is 433 g/mol. The van der Waals surface area contributed by atoms with Crippen LogP contribution in [0, 0.1) is 5.82 Å². The summed E-state index contributed by atoms with van der Waals surface area (Å²) in [5.74, 6) is -1.78. The number of carbonyl (C=O) groups excluding carboxylic acids is 2. The Balaban J connectivity index is 1.69. The van der Waals surface area contributed by atoms with Crippen molar-refractivity contribution in [2.45, 2.75) is 11.5 Å². The summed E-state index contributed by atoms with van der Waals surface area (Å²) in [6.07, 6.45) is 0. The van der Waals surface area contributed by atoms with E-state index in [4.69, 9.17) is 9.15 Å². The van der Waals surface area contributed by atoms with Gasteiger partial charge in [0.15, 0.2) is 0 Å². The summed E-state index contributed by atoms with van der Waals surface area (Å²) in [6, 6.07) is 12.8. The van der Waals surface area contributed by atoms with Gasteiger partial charge in [0.05, 0.1) is 17.6 Å². The molecule has 0 spiro atoms. The Labute approximate surface area is 171 Å². The summed E-state index contributed by atoms with van der Waals surface area (Å²) in [5.41, 5.74) is 0.167. The summed E-state index contributed by atoms with van der Waals surface area (Å²) >= 11 is 0. The predicted octanol–water partition coefficient (Wildman–Crippen LogP) is 3.36. The van der Waals surface area contributed by atoms with Crippen LogP contribution in [0.4, 0.5) is 10.1 Å². The third-order valence-corrected chi connectivity index (χ3v) is 5.25. The number of furan rings is 1. The van der Waals surface area contributed by atoms with Crippen LogP contribution >= 0.6 is 0 Å². The molecule has 8 nitrogen and oxygen atoms in total. The van der Waals surface area contributed by atoms with Crippen molar-refractivity contribution < 1.29 is 36.3 Å². The Morgan fingerprint density at radius 3 is 2.47 bits per heavy atom. The van der Waals surface area contributed by atoms with Crippen LogP contribution in [0.15, 0.2) is 70.0 Å². The van der Waals surface area contributed by atoms with Gasteiger partial charge in [-0.05, 0) is 54.6 Å². The molecule has 10 heteroatoms. The van der Waals surface area contributed by atoms with Crippen LogP contribution in [0.1, 0.15) is 26.7 Å². The van der Waals surface area contributed by atoms with Crippen molar-refractivity contribution in [1.82, 2.24) is 0 Å². The van der Waals surface area contributed by atoms with Crippen LogP contribution in [0.2, 0.25) is 0 Å². The van der Waals surface area contributed by atoms with Crippen LogP contribution in [0.5, 0.6) is 0 Å². The molecule has 0 saturated carbocycles. The number of esters is 2. The Bertz CT molecular complexity index is 1170. The Kier molecular flexibility index (Phi) is 6.17. The molecule has 0 aliphatic carbocycles. The van der Waals surface area contributed by atoms with Gasteiger partial charge in [-0.1, -0.05) is 6.07 Å². The molecule has 1 N–H and O–H groups in total. The van der Waals surface area contributed by atoms with Crippen molar-refractivity contribution in [2.75, 3.05) is 11.8 Å². The van der Waals surface area contributed by atoms with Gasteiger partial charge in [-0.2, -0.15) is 0 Å². The maximum Gasteiger partial charge on any atom is 0.373 e. The summed E-state index contributed by atoms with van der Waals surface area (Å²) in [4.78, 5) is 23.5. The molecule has 2 aromatic carbocycles. The number of nitrogens with one attached hydrogen (secondary N) is 1. The minimum absolute atomic E-state index is 0.00303. The highest BCUT2D eigenvalue weighted by Crippen LogP contribution is 2.18. The normalized spacial score (nSPS) is 11.0. The highest BCUT2D eigenvalue weighted by molar-refractivity contribution is 7.92. The number of anilines is 1. The molecule has 0 atom stereocenters. The van der Waals surface area contributed by atoms with Gasteiger partial charge in [0.1, 0.15) is 18.2 Å². The van der Waals surface area contributed by atoms with Crippen LogP contribution in [-0.2, 0) is 26.1 Å². The maximum absolute atomic E-state index is 13.0. The highest BCUT2D eigenvalue weighted by atomic mass is 32.2. The second-order valence-corrected chi connectivity index (χ2v) is 7.66. The van der Waals surface area contributed by atoms with Crippen molar-refractivity contribution in [2.24, 2.45) is 0 Å². The van der Waals surface area contributed by atoms with E-state index in [0.717, 1.165) is 18.2 Å². The largest absolute Gasteiger partial charge is 0.463 e. The van der Waals surface area contributed by atoms with Gasteiger partial charge in [-0.25, -0.2) is 22.4 Å². The van der Waals surface area contributed by atoms with Gasteiger partial charge in [0, 0.05) is 5.69 Å². The van der Waals surface area contributed by atoms with E-state index in [1.165, 1.54) is 49.6 Å². The molecular weight excluding hydrogens is 417 g/mol. The molecule has 0 saturated heterocycles. The number of hydrogen-bond acceptors (Lipinski definition) is 7. The zero-order chi connectivity index (χ0) is 21.7. The molecule has 1 heterocycles. The van der Waals surface area contributed by atoms with Gasteiger partial charge >= 0.3 is 11.9 Å². The number of hydrogen-bond donors (Lipinski definition) is 1. The van der Waals surface area contributed by atoms with E-state index in [1.807, 2.05) is 0 Å². The summed E-state index contributed by atoms with van der Waals surface area (Å²) < 4.78 is 55.1. The molecule has 0 amide bonds. The zero-order valence-electron chi connectivity index (χ0n) is 15.6. The van der Waals surface area contributed by atoms with Gasteiger partial charge < -0.3 is 13.9 Å². The first-order chi connectivity index (χ1) is 14.3. The first-order valence-electron chi connectivity index (χ1n) is 8.51. The monoisotopic (exact) mass is 433 g/mol. The molecule has 0 fully saturated rings. The molecule has 156 valence electrons. The van der Waals surface area contributed by atoms with E-state index in [0.29, 0.717) is 0 Å². The third kappa shape index (κ3) is 5.03. The van der Waals surface area contributed by atoms with Crippen molar-refractivity contribution in [3.8, 4) is 0 Å². The van der Waals surface area contributed by atoms with Crippen molar-refractivity contribution in [3.63, 3.8) is 0 Å². The second-order valence-electron chi connectivity index (χ2n) is 5.97. The van der Waals surface area contributed by atoms with Gasteiger partial charge in [-0.3, -0.25) is 4.72 Å². The van der Waals surface area contributed by atoms with Crippen LogP contribution in [0.3, 0.4) is 0 Å². The quantitative estimate of drug-likeness (QED) is 0.569. The summed E-state index contributed by atoms with van der Waals surface area (Å²) in [7, 11) is -2.80. The number of benzene rings is 2. The first kappa shape index (κ1) is 21.1. The van der Waals surface area contributed by atoms with Crippen LogP contribution in [0.25, 0.3) is 0 Å². The minimum Gasteiger partial charge on any atom is -0.463 e. The Morgan fingerprint density at radius 2 is 1.77 bits per heavy atom. The fourth-order valence-corrected chi connectivity index (χ4v) is 3.51. The van der Waals surface area contributed by atoms with Gasteiger partial charge in [-0.15, -0.1) is 0 Å². The van der Waals surface area contributed by atoms with Crippen molar-refractivity contribution >= 4 is 27.6 Å². The fourth-order valence-electron chi connectivity index (χ4n) is 2.41. The lowest BCUT2D eigenvalue weighted by molar-refractivity contribution is 0.0438. The highest BCUT2D eigenvalue weighted by Gasteiger charge is 2.18. The van der Waals surface area contributed by atoms with Gasteiger partial charge in [0.25, 0.3) is 10.0 Å². The molecule has 0 radical (unpaired) electrons. The molecule has 0 unspecified atom stereocenters. The standard InChI is InChI=1S/C20H16FNO7S/c1-27-20(24)18-10-9-16(29-18)12-28-19(23)13-3-2-4-17(11-13)30(25,26)22-15-7-5-14(21)6-8-15/h2-11,22H,12H2,1H3. The number of halogens is 1. The van der Waals surface area contributed by atoms with Crippen molar-refractivity contribution in [3.05, 3.63) is 83.6 Å². The van der Waals surface area contributed by atoms with E-state index in [-0.39, 0.29) is 34.3 Å². The molecule has 0 aliphatic rings. The smallest absolute Gasteiger partial charge is 0.373 e. The Hall–Kier alpha value is -3.66. The van der Waals surface area contributed by atoms with Crippen LogP contribution < -0.4 is 4.72 Å². The van der Waals surface area contributed by atoms with E-state index < -0.39 is 27.8 Å². The molecule has 3 aromatic rings. The predicted molar refractivity (Wildman–Crippen MR) is 103 cm³/mol.